The number of hydrogen-bond acceptors (Lipinski definition) is 3. The Kier molecular flexibility index (Phi) is 5.79. The Labute approximate surface area is 115 Å². The third kappa shape index (κ3) is 4.49. The van der Waals surface area contributed by atoms with Crippen LogP contribution in [-0.4, -0.2) is 48.1 Å². The summed E-state index contributed by atoms with van der Waals surface area (Å²) in [4.78, 5) is 25.7. The molecule has 2 amide bonds. The second-order valence-electron chi connectivity index (χ2n) is 5.73. The molecule has 19 heavy (non-hydrogen) atoms. The van der Waals surface area contributed by atoms with Crippen LogP contribution in [-0.2, 0) is 14.3 Å². The van der Waals surface area contributed by atoms with Gasteiger partial charge in [0.05, 0.1) is 18.8 Å². The first-order valence-electron chi connectivity index (χ1n) is 7.02. The van der Waals surface area contributed by atoms with Crippen LogP contribution in [0.2, 0.25) is 0 Å². The summed E-state index contributed by atoms with van der Waals surface area (Å²) < 4.78 is 5.53. The number of amides is 2. The topological polar surface area (TPSA) is 58.6 Å². The molecule has 1 heterocycles. The van der Waals surface area contributed by atoms with Crippen molar-refractivity contribution in [2.45, 2.75) is 59.2 Å². The maximum Gasteiger partial charge on any atom is 0.245 e. The summed E-state index contributed by atoms with van der Waals surface area (Å²) in [6, 6.07) is -0.380. The molecule has 0 aliphatic carbocycles. The molecular formula is C14H26N2O3. The SMILES string of the molecule is CC(=O)N[C@@H](CC(C)C)C(=O)N1CCOC(C)C1C. The highest BCUT2D eigenvalue weighted by Gasteiger charge is 2.33. The molecule has 0 saturated carbocycles. The molecule has 1 rings (SSSR count). The lowest BCUT2D eigenvalue weighted by Crippen LogP contribution is -2.57. The van der Waals surface area contributed by atoms with Crippen LogP contribution in [0.4, 0.5) is 0 Å². The molecule has 110 valence electrons. The van der Waals surface area contributed by atoms with Gasteiger partial charge in [-0.1, -0.05) is 13.8 Å². The van der Waals surface area contributed by atoms with E-state index in [0.29, 0.717) is 25.5 Å². The van der Waals surface area contributed by atoms with Gasteiger partial charge in [0.15, 0.2) is 0 Å². The molecular weight excluding hydrogens is 244 g/mol. The number of carbonyl (C=O) groups is 2. The van der Waals surface area contributed by atoms with E-state index in [-0.39, 0.29) is 24.0 Å². The second-order valence-corrected chi connectivity index (χ2v) is 5.73. The zero-order valence-corrected chi connectivity index (χ0v) is 12.6. The van der Waals surface area contributed by atoms with Gasteiger partial charge >= 0.3 is 0 Å². The number of carbonyl (C=O) groups excluding carboxylic acids is 2. The number of hydrogen-bond donors (Lipinski definition) is 1. The van der Waals surface area contributed by atoms with E-state index in [4.69, 9.17) is 4.74 Å². The Hall–Kier alpha value is -1.10. The summed E-state index contributed by atoms with van der Waals surface area (Å²) in [5.41, 5.74) is 0. The molecule has 0 spiro atoms. The van der Waals surface area contributed by atoms with Crippen molar-refractivity contribution in [1.29, 1.82) is 0 Å². The standard InChI is InChI=1S/C14H26N2O3/c1-9(2)8-13(15-12(5)17)14(18)16-6-7-19-11(4)10(16)3/h9-11,13H,6-8H2,1-5H3,(H,15,17)/t10?,11?,13-/m0/s1. The van der Waals surface area contributed by atoms with E-state index in [1.807, 2.05) is 32.6 Å². The summed E-state index contributed by atoms with van der Waals surface area (Å²) in [5, 5.41) is 2.77. The molecule has 5 heteroatoms. The summed E-state index contributed by atoms with van der Waals surface area (Å²) in [5.74, 6) is 0.203. The second kappa shape index (κ2) is 6.89. The number of nitrogens with zero attached hydrogens (tertiary/aromatic N) is 1. The van der Waals surface area contributed by atoms with Gasteiger partial charge in [-0.25, -0.2) is 0 Å². The monoisotopic (exact) mass is 270 g/mol. The summed E-state index contributed by atoms with van der Waals surface area (Å²) in [6.07, 6.45) is 0.700. The largest absolute Gasteiger partial charge is 0.375 e. The minimum Gasteiger partial charge on any atom is -0.375 e. The van der Waals surface area contributed by atoms with Crippen LogP contribution in [0.15, 0.2) is 0 Å². The molecule has 5 nitrogen and oxygen atoms in total. The van der Waals surface area contributed by atoms with Crippen molar-refractivity contribution in [2.24, 2.45) is 5.92 Å². The van der Waals surface area contributed by atoms with Crippen molar-refractivity contribution in [2.75, 3.05) is 13.2 Å². The van der Waals surface area contributed by atoms with E-state index in [2.05, 4.69) is 5.32 Å². The van der Waals surface area contributed by atoms with Gasteiger partial charge in [-0.2, -0.15) is 0 Å². The third-order valence-corrected chi connectivity index (χ3v) is 3.55. The highest BCUT2D eigenvalue weighted by atomic mass is 16.5. The molecule has 1 saturated heterocycles. The zero-order chi connectivity index (χ0) is 14.6. The summed E-state index contributed by atoms with van der Waals surface area (Å²) in [7, 11) is 0. The number of morpholine rings is 1. The van der Waals surface area contributed by atoms with E-state index in [1.54, 1.807) is 0 Å². The smallest absolute Gasteiger partial charge is 0.245 e. The first-order valence-corrected chi connectivity index (χ1v) is 7.02. The average molecular weight is 270 g/mol. The molecule has 3 atom stereocenters. The fraction of sp³-hybridized carbons (Fsp3) is 0.857. The normalized spacial score (nSPS) is 25.3. The molecule has 0 aromatic heterocycles. The fourth-order valence-corrected chi connectivity index (χ4v) is 2.38. The summed E-state index contributed by atoms with van der Waals surface area (Å²) >= 11 is 0. The van der Waals surface area contributed by atoms with Gasteiger partial charge in [0.25, 0.3) is 0 Å². The van der Waals surface area contributed by atoms with Gasteiger partial charge in [0.2, 0.25) is 11.8 Å². The molecule has 1 fully saturated rings. The Morgan fingerprint density at radius 1 is 1.37 bits per heavy atom. The molecule has 0 bridgehead atoms. The van der Waals surface area contributed by atoms with Crippen molar-refractivity contribution in [1.82, 2.24) is 10.2 Å². The Morgan fingerprint density at radius 2 is 2.00 bits per heavy atom. The van der Waals surface area contributed by atoms with Crippen LogP contribution in [0.1, 0.15) is 41.0 Å². The Balaban J connectivity index is 2.76. The van der Waals surface area contributed by atoms with E-state index < -0.39 is 6.04 Å². The zero-order valence-electron chi connectivity index (χ0n) is 12.6. The highest BCUT2D eigenvalue weighted by molar-refractivity contribution is 5.87. The van der Waals surface area contributed by atoms with Crippen LogP contribution in [0.3, 0.4) is 0 Å². The maximum absolute atomic E-state index is 12.6. The van der Waals surface area contributed by atoms with E-state index >= 15 is 0 Å². The van der Waals surface area contributed by atoms with E-state index in [1.165, 1.54) is 6.92 Å². The third-order valence-electron chi connectivity index (χ3n) is 3.55. The van der Waals surface area contributed by atoms with Gasteiger partial charge in [-0.3, -0.25) is 9.59 Å². The quantitative estimate of drug-likeness (QED) is 0.834. The Bertz CT molecular complexity index is 331. The van der Waals surface area contributed by atoms with E-state index in [0.717, 1.165) is 0 Å². The highest BCUT2D eigenvalue weighted by Crippen LogP contribution is 2.17. The first kappa shape index (κ1) is 16.0. The first-order chi connectivity index (χ1) is 8.82. The van der Waals surface area contributed by atoms with Crippen LogP contribution in [0.5, 0.6) is 0 Å². The van der Waals surface area contributed by atoms with Gasteiger partial charge in [-0.15, -0.1) is 0 Å². The van der Waals surface area contributed by atoms with Crippen LogP contribution in [0, 0.1) is 5.92 Å². The number of ether oxygens (including phenoxy) is 1. The van der Waals surface area contributed by atoms with Gasteiger partial charge in [0.1, 0.15) is 6.04 Å². The van der Waals surface area contributed by atoms with Crippen molar-refractivity contribution >= 4 is 11.8 Å². The minimum absolute atomic E-state index is 0.00606. The lowest BCUT2D eigenvalue weighted by molar-refractivity contribution is -0.148. The molecule has 0 aromatic rings. The van der Waals surface area contributed by atoms with Crippen LogP contribution < -0.4 is 5.32 Å². The van der Waals surface area contributed by atoms with Gasteiger partial charge in [0, 0.05) is 13.5 Å². The van der Waals surface area contributed by atoms with Crippen molar-refractivity contribution in [3.8, 4) is 0 Å². The molecule has 2 unspecified atom stereocenters. The molecule has 1 aliphatic heterocycles. The van der Waals surface area contributed by atoms with Crippen molar-refractivity contribution in [3.63, 3.8) is 0 Å². The lowest BCUT2D eigenvalue weighted by atomic mass is 10.0. The molecule has 0 aromatic carbocycles. The number of nitrogens with one attached hydrogen (secondary N) is 1. The lowest BCUT2D eigenvalue weighted by Gasteiger charge is -2.39. The summed E-state index contributed by atoms with van der Waals surface area (Å²) in [6.45, 7) is 10.7. The molecule has 1 aliphatic rings. The van der Waals surface area contributed by atoms with Crippen molar-refractivity contribution < 1.29 is 14.3 Å². The van der Waals surface area contributed by atoms with E-state index in [9.17, 15) is 9.59 Å². The molecule has 0 radical (unpaired) electrons. The predicted molar refractivity (Wildman–Crippen MR) is 73.6 cm³/mol. The van der Waals surface area contributed by atoms with Crippen molar-refractivity contribution in [3.05, 3.63) is 0 Å². The molecule has 1 N–H and O–H groups in total. The van der Waals surface area contributed by atoms with Gasteiger partial charge < -0.3 is 15.0 Å². The average Bonchev–Trinajstić information content (AvgIpc) is 2.30. The van der Waals surface area contributed by atoms with Crippen LogP contribution in [0.25, 0.3) is 0 Å². The minimum atomic E-state index is -0.426. The Morgan fingerprint density at radius 3 is 2.53 bits per heavy atom. The van der Waals surface area contributed by atoms with Gasteiger partial charge in [-0.05, 0) is 26.2 Å². The fourth-order valence-electron chi connectivity index (χ4n) is 2.38. The predicted octanol–water partition coefficient (Wildman–Crippen LogP) is 1.17. The van der Waals surface area contributed by atoms with Crippen LogP contribution >= 0.6 is 0 Å². The maximum atomic E-state index is 12.6. The number of rotatable bonds is 4.